The van der Waals surface area contributed by atoms with E-state index < -0.39 is 0 Å². The maximum Gasteiger partial charge on any atom is 0.152 e. The maximum atomic E-state index is 11.9. The van der Waals surface area contributed by atoms with E-state index >= 15 is 0 Å². The Morgan fingerprint density at radius 2 is 2.00 bits per heavy atom. The average Bonchev–Trinajstić information content (AvgIpc) is 3.23. The molecule has 1 aliphatic rings. The number of halogens is 1. The normalized spacial score (nSPS) is 16.3. The van der Waals surface area contributed by atoms with E-state index in [4.69, 9.17) is 11.6 Å². The second-order valence-corrected chi connectivity index (χ2v) is 9.68. The first-order valence-corrected chi connectivity index (χ1v) is 11.5. The van der Waals surface area contributed by atoms with Gasteiger partial charge in [-0.2, -0.15) is 0 Å². The van der Waals surface area contributed by atoms with Crippen molar-refractivity contribution in [1.29, 1.82) is 0 Å². The van der Waals surface area contributed by atoms with Crippen molar-refractivity contribution < 1.29 is 4.79 Å². The molecule has 0 radical (unpaired) electrons. The number of aldehydes is 1. The van der Waals surface area contributed by atoms with Crippen LogP contribution in [0.1, 0.15) is 42.1 Å². The largest absolute Gasteiger partial charge is 0.370 e. The van der Waals surface area contributed by atoms with Crippen molar-refractivity contribution in [2.45, 2.75) is 36.5 Å². The fraction of sp³-hybridized carbons (Fsp3) is 0.280. The van der Waals surface area contributed by atoms with Crippen molar-refractivity contribution >= 4 is 35.3 Å². The predicted octanol–water partition coefficient (Wildman–Crippen LogP) is 6.71. The third-order valence-corrected chi connectivity index (χ3v) is 6.95. The van der Waals surface area contributed by atoms with Crippen LogP contribution < -0.4 is 4.90 Å². The van der Waals surface area contributed by atoms with Crippen LogP contribution in [0.3, 0.4) is 0 Å². The SMILES string of the molecule is CC(C)c1ccccc1-c1ccc(N2CC[C@H](Sc3ccc(Cl)cn3)C2)c(C=O)c1. The smallest absolute Gasteiger partial charge is 0.152 e. The molecule has 2 aromatic carbocycles. The molecule has 0 amide bonds. The molecule has 0 N–H and O–H groups in total. The lowest BCUT2D eigenvalue weighted by molar-refractivity contribution is 0.112. The van der Waals surface area contributed by atoms with Crippen molar-refractivity contribution in [1.82, 2.24) is 4.98 Å². The molecule has 2 heterocycles. The monoisotopic (exact) mass is 436 g/mol. The zero-order valence-corrected chi connectivity index (χ0v) is 18.8. The summed E-state index contributed by atoms with van der Waals surface area (Å²) in [5.74, 6) is 0.429. The Hall–Kier alpha value is -2.30. The Bertz CT molecular complexity index is 1040. The first-order chi connectivity index (χ1) is 14.5. The summed E-state index contributed by atoms with van der Waals surface area (Å²) >= 11 is 7.71. The Morgan fingerprint density at radius 3 is 2.73 bits per heavy atom. The molecule has 30 heavy (non-hydrogen) atoms. The number of pyridine rings is 1. The fourth-order valence-corrected chi connectivity index (χ4v) is 5.20. The van der Waals surface area contributed by atoms with Gasteiger partial charge in [0.05, 0.1) is 10.0 Å². The van der Waals surface area contributed by atoms with Crippen molar-refractivity contribution in [2.24, 2.45) is 0 Å². The Morgan fingerprint density at radius 1 is 1.17 bits per heavy atom. The van der Waals surface area contributed by atoms with Crippen molar-refractivity contribution in [2.75, 3.05) is 18.0 Å². The van der Waals surface area contributed by atoms with Crippen LogP contribution in [0.5, 0.6) is 0 Å². The average molecular weight is 437 g/mol. The summed E-state index contributed by atoms with van der Waals surface area (Å²) in [4.78, 5) is 18.6. The van der Waals surface area contributed by atoms with Crippen molar-refractivity contribution in [3.8, 4) is 11.1 Å². The van der Waals surface area contributed by atoms with Gasteiger partial charge in [-0.25, -0.2) is 4.98 Å². The fourth-order valence-electron chi connectivity index (χ4n) is 4.01. The molecule has 1 atom stereocenters. The van der Waals surface area contributed by atoms with Gasteiger partial charge in [-0.1, -0.05) is 55.8 Å². The van der Waals surface area contributed by atoms with E-state index in [2.05, 4.69) is 60.1 Å². The van der Waals surface area contributed by atoms with Gasteiger partial charge in [0.15, 0.2) is 6.29 Å². The lowest BCUT2D eigenvalue weighted by atomic mass is 9.91. The first-order valence-electron chi connectivity index (χ1n) is 10.3. The molecule has 1 saturated heterocycles. The lowest BCUT2D eigenvalue weighted by Gasteiger charge is -2.21. The van der Waals surface area contributed by atoms with Crippen LogP contribution in [0.2, 0.25) is 5.02 Å². The minimum atomic E-state index is 0.429. The highest BCUT2D eigenvalue weighted by atomic mass is 35.5. The number of carbonyl (C=O) groups is 1. The zero-order chi connectivity index (χ0) is 21.1. The van der Waals surface area contributed by atoms with Gasteiger partial charge in [-0.05, 0) is 53.3 Å². The van der Waals surface area contributed by atoms with Crippen LogP contribution in [-0.2, 0) is 0 Å². The van der Waals surface area contributed by atoms with Crippen LogP contribution in [0, 0.1) is 0 Å². The minimum absolute atomic E-state index is 0.429. The van der Waals surface area contributed by atoms with E-state index in [-0.39, 0.29) is 0 Å². The third kappa shape index (κ3) is 4.55. The second kappa shape index (κ2) is 9.23. The molecule has 5 heteroatoms. The zero-order valence-electron chi connectivity index (χ0n) is 17.2. The van der Waals surface area contributed by atoms with Crippen molar-refractivity contribution in [3.05, 3.63) is 76.9 Å². The quantitative estimate of drug-likeness (QED) is 0.402. The Kier molecular flexibility index (Phi) is 6.45. The van der Waals surface area contributed by atoms with Gasteiger partial charge in [0.2, 0.25) is 0 Å². The van der Waals surface area contributed by atoms with E-state index in [1.807, 2.05) is 18.2 Å². The molecule has 0 spiro atoms. The third-order valence-electron chi connectivity index (χ3n) is 5.52. The molecule has 1 fully saturated rings. The highest BCUT2D eigenvalue weighted by Crippen LogP contribution is 2.35. The molecule has 0 saturated carbocycles. The molecule has 3 aromatic rings. The number of anilines is 1. The molecule has 154 valence electrons. The number of nitrogens with zero attached hydrogens (tertiary/aromatic N) is 2. The van der Waals surface area contributed by atoms with E-state index in [9.17, 15) is 4.79 Å². The maximum absolute atomic E-state index is 11.9. The van der Waals surface area contributed by atoms with Gasteiger partial charge in [0, 0.05) is 35.8 Å². The second-order valence-electron chi connectivity index (χ2n) is 7.92. The molecular formula is C25H25ClN2OS. The number of carbonyl (C=O) groups excluding carboxylic acids is 1. The number of hydrogen-bond acceptors (Lipinski definition) is 4. The van der Waals surface area contributed by atoms with Crippen LogP contribution in [0.15, 0.2) is 65.8 Å². The standard InChI is InChI=1S/C25H25ClN2OS/c1-17(2)22-5-3-4-6-23(22)18-7-9-24(19(13-18)16-29)28-12-11-21(15-28)30-25-10-8-20(26)14-27-25/h3-10,13-14,16-17,21H,11-12,15H2,1-2H3/t21-/m0/s1. The summed E-state index contributed by atoms with van der Waals surface area (Å²) in [6.45, 7) is 6.24. The number of hydrogen-bond donors (Lipinski definition) is 0. The van der Waals surface area contributed by atoms with E-state index in [0.717, 1.165) is 47.6 Å². The van der Waals surface area contributed by atoms with E-state index in [1.54, 1.807) is 18.0 Å². The van der Waals surface area contributed by atoms with Gasteiger partial charge in [-0.3, -0.25) is 4.79 Å². The number of benzene rings is 2. The summed E-state index contributed by atoms with van der Waals surface area (Å²) in [6, 6.07) is 18.6. The Balaban J connectivity index is 1.54. The molecule has 1 aliphatic heterocycles. The van der Waals surface area contributed by atoms with Gasteiger partial charge in [-0.15, -0.1) is 11.8 Å². The molecule has 4 rings (SSSR count). The summed E-state index contributed by atoms with van der Waals surface area (Å²) in [7, 11) is 0. The van der Waals surface area contributed by atoms with Crippen molar-refractivity contribution in [3.63, 3.8) is 0 Å². The van der Waals surface area contributed by atoms with Crippen LogP contribution in [0.4, 0.5) is 5.69 Å². The highest BCUT2D eigenvalue weighted by Gasteiger charge is 2.25. The topological polar surface area (TPSA) is 33.2 Å². The van der Waals surface area contributed by atoms with Gasteiger partial charge >= 0.3 is 0 Å². The summed E-state index contributed by atoms with van der Waals surface area (Å²) in [6.07, 6.45) is 3.73. The predicted molar refractivity (Wildman–Crippen MR) is 127 cm³/mol. The summed E-state index contributed by atoms with van der Waals surface area (Å²) < 4.78 is 0. The number of aromatic nitrogens is 1. The van der Waals surface area contributed by atoms with Crippen LogP contribution >= 0.6 is 23.4 Å². The van der Waals surface area contributed by atoms with Gasteiger partial charge in [0.1, 0.15) is 0 Å². The Labute approximate surface area is 187 Å². The minimum Gasteiger partial charge on any atom is -0.370 e. The van der Waals surface area contributed by atoms with Crippen LogP contribution in [0.25, 0.3) is 11.1 Å². The molecule has 0 unspecified atom stereocenters. The van der Waals surface area contributed by atoms with E-state index in [1.165, 1.54) is 11.1 Å². The molecule has 1 aromatic heterocycles. The lowest BCUT2D eigenvalue weighted by Crippen LogP contribution is -2.21. The molecule has 0 aliphatic carbocycles. The van der Waals surface area contributed by atoms with E-state index in [0.29, 0.717) is 16.2 Å². The number of rotatable bonds is 6. The van der Waals surface area contributed by atoms with Crippen LogP contribution in [-0.4, -0.2) is 29.6 Å². The molecule has 3 nitrogen and oxygen atoms in total. The van der Waals surface area contributed by atoms with Gasteiger partial charge < -0.3 is 4.90 Å². The summed E-state index contributed by atoms with van der Waals surface area (Å²) in [5, 5.41) is 2.09. The molecule has 0 bridgehead atoms. The molecular weight excluding hydrogens is 412 g/mol. The number of thioether (sulfide) groups is 1. The first kappa shape index (κ1) is 21.0. The summed E-state index contributed by atoms with van der Waals surface area (Å²) in [5.41, 5.74) is 5.37. The highest BCUT2D eigenvalue weighted by molar-refractivity contribution is 7.99. The van der Waals surface area contributed by atoms with Gasteiger partial charge in [0.25, 0.3) is 0 Å².